The molecule has 0 N–H and O–H groups in total. The Bertz CT molecular complexity index is 781. The smallest absolute Gasteiger partial charge is 0.336 e. The summed E-state index contributed by atoms with van der Waals surface area (Å²) in [6.07, 6.45) is 1.22. The van der Waals surface area contributed by atoms with Crippen LogP contribution in [0.15, 0.2) is 54.6 Å². The van der Waals surface area contributed by atoms with Gasteiger partial charge in [0.25, 0.3) is 5.91 Å². The number of likely N-dealkylation sites (N-methyl/N-ethyl adjacent to an activating group) is 1. The average Bonchev–Trinajstić information content (AvgIpc) is 2.75. The summed E-state index contributed by atoms with van der Waals surface area (Å²) in [5, 5.41) is 0.555. The molecule has 1 aliphatic rings. The van der Waals surface area contributed by atoms with Gasteiger partial charge in [0, 0.05) is 23.7 Å². The van der Waals surface area contributed by atoms with Crippen LogP contribution >= 0.6 is 11.6 Å². The summed E-state index contributed by atoms with van der Waals surface area (Å²) in [4.78, 5) is 25.8. The zero-order valence-electron chi connectivity index (χ0n) is 11.7. The van der Waals surface area contributed by atoms with Gasteiger partial charge in [0.15, 0.2) is 0 Å². The number of benzene rings is 2. The Morgan fingerprint density at radius 3 is 2.55 bits per heavy atom. The van der Waals surface area contributed by atoms with Crippen molar-refractivity contribution in [3.8, 4) is 5.75 Å². The van der Waals surface area contributed by atoms with E-state index in [2.05, 4.69) is 0 Å². The second-order valence-electron chi connectivity index (χ2n) is 4.81. The van der Waals surface area contributed by atoms with Crippen molar-refractivity contribution >= 4 is 34.7 Å². The average molecular weight is 314 g/mol. The first-order chi connectivity index (χ1) is 10.6. The molecule has 0 saturated carbocycles. The molecular formula is C17H12ClNO3. The molecule has 0 radical (unpaired) electrons. The predicted molar refractivity (Wildman–Crippen MR) is 84.9 cm³/mol. The second-order valence-corrected chi connectivity index (χ2v) is 5.25. The second kappa shape index (κ2) is 5.66. The van der Waals surface area contributed by atoms with E-state index in [9.17, 15) is 9.59 Å². The first-order valence-electron chi connectivity index (χ1n) is 6.63. The lowest BCUT2D eigenvalue weighted by atomic mass is 10.1. The van der Waals surface area contributed by atoms with Crippen LogP contribution in [0.3, 0.4) is 0 Å². The predicted octanol–water partition coefficient (Wildman–Crippen LogP) is 3.31. The molecule has 1 aliphatic heterocycles. The molecule has 0 atom stereocenters. The maximum Gasteiger partial charge on any atom is 0.336 e. The molecule has 3 rings (SSSR count). The highest BCUT2D eigenvalue weighted by Crippen LogP contribution is 2.35. The van der Waals surface area contributed by atoms with Gasteiger partial charge in [-0.3, -0.25) is 4.79 Å². The summed E-state index contributed by atoms with van der Waals surface area (Å²) < 4.78 is 5.19. The first-order valence-corrected chi connectivity index (χ1v) is 7.00. The summed E-state index contributed by atoms with van der Waals surface area (Å²) >= 11 is 5.77. The van der Waals surface area contributed by atoms with Crippen molar-refractivity contribution in [3.05, 3.63) is 65.2 Å². The first kappa shape index (κ1) is 14.4. The maximum absolute atomic E-state index is 12.2. The zero-order chi connectivity index (χ0) is 15.7. The van der Waals surface area contributed by atoms with Crippen molar-refractivity contribution in [3.63, 3.8) is 0 Å². The van der Waals surface area contributed by atoms with Gasteiger partial charge in [-0.15, -0.1) is 0 Å². The number of amides is 1. The van der Waals surface area contributed by atoms with E-state index in [0.29, 0.717) is 16.3 Å². The molecule has 0 saturated heterocycles. The standard InChI is InChI=1S/C17H12ClNO3/c1-19-15-5-3-2-4-13(15)14(17(19)21)10-16(20)22-12-8-6-11(18)7-9-12/h2-10H,1H3/b14-10+. The Hall–Kier alpha value is -2.59. The van der Waals surface area contributed by atoms with Crippen molar-refractivity contribution in [2.75, 3.05) is 11.9 Å². The number of rotatable bonds is 2. The summed E-state index contributed by atoms with van der Waals surface area (Å²) in [5.74, 6) is -0.455. The SMILES string of the molecule is CN1C(=O)/C(=C/C(=O)Oc2ccc(Cl)cc2)c2ccccc21. The molecule has 22 heavy (non-hydrogen) atoms. The van der Waals surface area contributed by atoms with Crippen LogP contribution in [0, 0.1) is 0 Å². The maximum atomic E-state index is 12.2. The van der Waals surface area contributed by atoms with Gasteiger partial charge in [0.2, 0.25) is 0 Å². The summed E-state index contributed by atoms with van der Waals surface area (Å²) in [7, 11) is 1.67. The van der Waals surface area contributed by atoms with E-state index >= 15 is 0 Å². The molecule has 0 bridgehead atoms. The molecule has 0 aliphatic carbocycles. The summed E-state index contributed by atoms with van der Waals surface area (Å²) in [6.45, 7) is 0. The molecule has 4 nitrogen and oxygen atoms in total. The molecule has 0 unspecified atom stereocenters. The number of carbonyl (C=O) groups is 2. The molecular weight excluding hydrogens is 302 g/mol. The number of esters is 1. The van der Waals surface area contributed by atoms with Crippen LogP contribution in [0.25, 0.3) is 5.57 Å². The molecule has 110 valence electrons. The normalized spacial score (nSPS) is 15.1. The summed E-state index contributed by atoms with van der Waals surface area (Å²) in [5.41, 5.74) is 1.83. The van der Waals surface area contributed by atoms with Crippen LogP contribution in [-0.2, 0) is 9.59 Å². The fourth-order valence-electron chi connectivity index (χ4n) is 2.30. The molecule has 0 fully saturated rings. The highest BCUT2D eigenvalue weighted by molar-refractivity contribution is 6.34. The zero-order valence-corrected chi connectivity index (χ0v) is 12.5. The van der Waals surface area contributed by atoms with Gasteiger partial charge in [-0.25, -0.2) is 4.79 Å². The minimum Gasteiger partial charge on any atom is -0.423 e. The van der Waals surface area contributed by atoms with E-state index in [0.717, 1.165) is 11.3 Å². The quantitative estimate of drug-likeness (QED) is 0.485. The number of halogens is 1. The largest absolute Gasteiger partial charge is 0.423 e. The van der Waals surface area contributed by atoms with Crippen molar-refractivity contribution in [1.29, 1.82) is 0 Å². The number of fused-ring (bicyclic) bond motifs is 1. The number of hydrogen-bond acceptors (Lipinski definition) is 3. The van der Waals surface area contributed by atoms with Crippen molar-refractivity contribution < 1.29 is 14.3 Å². The Labute approximate surface area is 132 Å². The minimum atomic E-state index is -0.601. The monoisotopic (exact) mass is 313 g/mol. The minimum absolute atomic E-state index is 0.228. The van der Waals surface area contributed by atoms with Crippen LogP contribution in [-0.4, -0.2) is 18.9 Å². The van der Waals surface area contributed by atoms with Crippen molar-refractivity contribution in [1.82, 2.24) is 0 Å². The fourth-order valence-corrected chi connectivity index (χ4v) is 2.43. The van der Waals surface area contributed by atoms with Gasteiger partial charge in [-0.1, -0.05) is 29.8 Å². The van der Waals surface area contributed by atoms with E-state index in [1.165, 1.54) is 11.0 Å². The number of carbonyl (C=O) groups excluding carboxylic acids is 2. The Morgan fingerprint density at radius 1 is 1.14 bits per heavy atom. The van der Waals surface area contributed by atoms with Crippen molar-refractivity contribution in [2.45, 2.75) is 0 Å². The number of anilines is 1. The van der Waals surface area contributed by atoms with E-state index in [-0.39, 0.29) is 5.91 Å². The molecule has 1 amide bonds. The molecule has 0 aromatic heterocycles. The highest BCUT2D eigenvalue weighted by atomic mass is 35.5. The number of nitrogens with zero attached hydrogens (tertiary/aromatic N) is 1. The Balaban J connectivity index is 1.87. The molecule has 1 heterocycles. The molecule has 2 aromatic carbocycles. The molecule has 5 heteroatoms. The van der Waals surface area contributed by atoms with Crippen LogP contribution in [0.4, 0.5) is 5.69 Å². The Kier molecular flexibility index (Phi) is 3.69. The van der Waals surface area contributed by atoms with E-state index in [1.54, 1.807) is 37.4 Å². The molecule has 2 aromatic rings. The van der Waals surface area contributed by atoms with Gasteiger partial charge in [0.1, 0.15) is 5.75 Å². The Morgan fingerprint density at radius 2 is 1.82 bits per heavy atom. The van der Waals surface area contributed by atoms with Crippen LogP contribution in [0.5, 0.6) is 5.75 Å². The van der Waals surface area contributed by atoms with Crippen LogP contribution < -0.4 is 9.64 Å². The van der Waals surface area contributed by atoms with Crippen molar-refractivity contribution in [2.24, 2.45) is 0 Å². The van der Waals surface area contributed by atoms with E-state index in [4.69, 9.17) is 16.3 Å². The lowest BCUT2D eigenvalue weighted by Crippen LogP contribution is -2.20. The van der Waals surface area contributed by atoms with Gasteiger partial charge >= 0.3 is 5.97 Å². The summed E-state index contributed by atoms with van der Waals surface area (Å²) in [6, 6.07) is 13.7. The topological polar surface area (TPSA) is 46.6 Å². The lowest BCUT2D eigenvalue weighted by Gasteiger charge is -2.07. The van der Waals surface area contributed by atoms with Gasteiger partial charge in [-0.05, 0) is 30.3 Å². The lowest BCUT2D eigenvalue weighted by molar-refractivity contribution is -0.129. The number of ether oxygens (including phenoxy) is 1. The van der Waals surface area contributed by atoms with Crippen LogP contribution in [0.2, 0.25) is 5.02 Å². The third kappa shape index (κ3) is 2.61. The highest BCUT2D eigenvalue weighted by Gasteiger charge is 2.30. The third-order valence-corrected chi connectivity index (χ3v) is 3.64. The van der Waals surface area contributed by atoms with Gasteiger partial charge in [-0.2, -0.15) is 0 Å². The van der Waals surface area contributed by atoms with E-state index in [1.807, 2.05) is 18.2 Å². The van der Waals surface area contributed by atoms with E-state index < -0.39 is 5.97 Å². The third-order valence-electron chi connectivity index (χ3n) is 3.38. The fraction of sp³-hybridized carbons (Fsp3) is 0.0588. The molecule has 0 spiro atoms. The van der Waals surface area contributed by atoms with Gasteiger partial charge < -0.3 is 9.64 Å². The number of para-hydroxylation sites is 1. The van der Waals surface area contributed by atoms with Crippen LogP contribution in [0.1, 0.15) is 5.56 Å². The number of hydrogen-bond donors (Lipinski definition) is 0. The van der Waals surface area contributed by atoms with Gasteiger partial charge in [0.05, 0.1) is 11.3 Å².